The molecule has 3 heterocycles. The first kappa shape index (κ1) is 16.9. The normalized spacial score (nSPS) is 21.2. The highest BCUT2D eigenvalue weighted by molar-refractivity contribution is 5.54. The SMILES string of the molecule is C[C@@H]1CN(C)C[C@H](c2nc(Cc3nnc(-c4ccccc4)n3C)no2)O1. The molecule has 1 saturated heterocycles. The summed E-state index contributed by atoms with van der Waals surface area (Å²) in [4.78, 5) is 6.72. The van der Waals surface area contributed by atoms with Gasteiger partial charge in [0.15, 0.2) is 11.6 Å². The van der Waals surface area contributed by atoms with Crippen molar-refractivity contribution in [2.75, 3.05) is 20.1 Å². The third-order valence-electron chi connectivity index (χ3n) is 4.52. The molecular formula is C18H22N6O2. The fourth-order valence-electron chi connectivity index (χ4n) is 3.26. The van der Waals surface area contributed by atoms with Crippen LogP contribution in [-0.4, -0.2) is 56.0 Å². The molecule has 3 aromatic rings. The first-order valence-electron chi connectivity index (χ1n) is 8.70. The van der Waals surface area contributed by atoms with Crippen molar-refractivity contribution >= 4 is 0 Å². The minimum Gasteiger partial charge on any atom is -0.363 e. The second-order valence-corrected chi connectivity index (χ2v) is 6.75. The number of likely N-dealkylation sites (N-methyl/N-ethyl adjacent to an activating group) is 1. The van der Waals surface area contributed by atoms with Crippen LogP contribution >= 0.6 is 0 Å². The second-order valence-electron chi connectivity index (χ2n) is 6.75. The molecule has 2 atom stereocenters. The molecule has 26 heavy (non-hydrogen) atoms. The number of aromatic nitrogens is 5. The van der Waals surface area contributed by atoms with E-state index in [9.17, 15) is 0 Å². The van der Waals surface area contributed by atoms with Gasteiger partial charge in [-0.3, -0.25) is 0 Å². The number of nitrogens with zero attached hydrogens (tertiary/aromatic N) is 6. The third-order valence-corrected chi connectivity index (χ3v) is 4.52. The van der Waals surface area contributed by atoms with Crippen LogP contribution in [0, 0.1) is 0 Å². The monoisotopic (exact) mass is 354 g/mol. The maximum absolute atomic E-state index is 5.92. The Hall–Kier alpha value is -2.58. The number of rotatable bonds is 4. The molecule has 0 aliphatic carbocycles. The zero-order valence-corrected chi connectivity index (χ0v) is 15.2. The Labute approximate surface area is 151 Å². The largest absolute Gasteiger partial charge is 0.363 e. The van der Waals surface area contributed by atoms with Gasteiger partial charge < -0.3 is 18.7 Å². The smallest absolute Gasteiger partial charge is 0.257 e. The topological polar surface area (TPSA) is 82.1 Å². The predicted molar refractivity (Wildman–Crippen MR) is 94.3 cm³/mol. The summed E-state index contributed by atoms with van der Waals surface area (Å²) in [5, 5.41) is 12.7. The van der Waals surface area contributed by atoms with Crippen LogP contribution in [0.15, 0.2) is 34.9 Å². The average molecular weight is 354 g/mol. The number of benzene rings is 1. The molecule has 1 aliphatic rings. The molecule has 0 bridgehead atoms. The highest BCUT2D eigenvalue weighted by Gasteiger charge is 2.29. The van der Waals surface area contributed by atoms with Gasteiger partial charge >= 0.3 is 0 Å². The Morgan fingerprint density at radius 2 is 1.92 bits per heavy atom. The van der Waals surface area contributed by atoms with E-state index in [0.29, 0.717) is 18.1 Å². The van der Waals surface area contributed by atoms with Gasteiger partial charge in [-0.25, -0.2) is 0 Å². The van der Waals surface area contributed by atoms with Crippen LogP contribution in [0.4, 0.5) is 0 Å². The van der Waals surface area contributed by atoms with Gasteiger partial charge in [0.05, 0.1) is 12.5 Å². The van der Waals surface area contributed by atoms with Gasteiger partial charge in [-0.15, -0.1) is 10.2 Å². The predicted octanol–water partition coefficient (Wildman–Crippen LogP) is 1.85. The summed E-state index contributed by atoms with van der Waals surface area (Å²) >= 11 is 0. The number of hydrogen-bond donors (Lipinski definition) is 0. The van der Waals surface area contributed by atoms with Gasteiger partial charge in [-0.2, -0.15) is 4.98 Å². The number of ether oxygens (including phenoxy) is 1. The van der Waals surface area contributed by atoms with E-state index in [-0.39, 0.29) is 12.2 Å². The maximum Gasteiger partial charge on any atom is 0.257 e. The van der Waals surface area contributed by atoms with Crippen molar-refractivity contribution in [1.29, 1.82) is 0 Å². The van der Waals surface area contributed by atoms with Crippen molar-refractivity contribution in [3.8, 4) is 11.4 Å². The Kier molecular flexibility index (Phi) is 4.52. The Morgan fingerprint density at radius 3 is 2.69 bits per heavy atom. The van der Waals surface area contributed by atoms with E-state index in [1.807, 2.05) is 48.9 Å². The molecule has 8 nitrogen and oxygen atoms in total. The summed E-state index contributed by atoms with van der Waals surface area (Å²) in [5.41, 5.74) is 1.02. The lowest BCUT2D eigenvalue weighted by Gasteiger charge is -2.32. The van der Waals surface area contributed by atoms with Crippen LogP contribution in [0.25, 0.3) is 11.4 Å². The highest BCUT2D eigenvalue weighted by Crippen LogP contribution is 2.24. The number of morpholine rings is 1. The standard InChI is InChI=1S/C18H22N6O2/c1-12-10-23(2)11-14(25-12)18-19-15(22-26-18)9-16-20-21-17(24(16)3)13-7-5-4-6-8-13/h4-8,12,14H,9-11H2,1-3H3/t12-,14-/m1/s1. The maximum atomic E-state index is 5.92. The van der Waals surface area contributed by atoms with Crippen molar-refractivity contribution in [2.24, 2.45) is 7.05 Å². The molecule has 0 unspecified atom stereocenters. The van der Waals surface area contributed by atoms with Crippen molar-refractivity contribution < 1.29 is 9.26 Å². The molecule has 8 heteroatoms. The molecule has 0 spiro atoms. The van der Waals surface area contributed by atoms with Crippen molar-refractivity contribution in [2.45, 2.75) is 25.6 Å². The molecule has 0 N–H and O–H groups in total. The minimum absolute atomic E-state index is 0.140. The molecule has 136 valence electrons. The van der Waals surface area contributed by atoms with Crippen molar-refractivity contribution in [3.63, 3.8) is 0 Å². The first-order valence-corrected chi connectivity index (χ1v) is 8.70. The molecule has 1 fully saturated rings. The average Bonchev–Trinajstić information content (AvgIpc) is 3.23. The van der Waals surface area contributed by atoms with Crippen molar-refractivity contribution in [1.82, 2.24) is 29.8 Å². The fourth-order valence-corrected chi connectivity index (χ4v) is 3.26. The molecule has 0 radical (unpaired) electrons. The van der Waals surface area contributed by atoms with E-state index in [1.165, 1.54) is 0 Å². The van der Waals surface area contributed by atoms with Crippen LogP contribution in [-0.2, 0) is 18.2 Å². The summed E-state index contributed by atoms with van der Waals surface area (Å²) < 4.78 is 13.3. The van der Waals surface area contributed by atoms with Gasteiger partial charge in [0.1, 0.15) is 11.9 Å². The van der Waals surface area contributed by atoms with E-state index in [1.54, 1.807) is 0 Å². The van der Waals surface area contributed by atoms with E-state index < -0.39 is 0 Å². The second kappa shape index (κ2) is 6.97. The van der Waals surface area contributed by atoms with Crippen LogP contribution < -0.4 is 0 Å². The Balaban J connectivity index is 1.51. The van der Waals surface area contributed by atoms with E-state index in [0.717, 1.165) is 30.3 Å². The zero-order valence-electron chi connectivity index (χ0n) is 15.2. The van der Waals surface area contributed by atoms with Gasteiger partial charge in [-0.1, -0.05) is 35.5 Å². The molecule has 0 amide bonds. The lowest BCUT2D eigenvalue weighted by molar-refractivity contribution is -0.0838. The molecule has 4 rings (SSSR count). The van der Waals surface area contributed by atoms with Gasteiger partial charge in [0.2, 0.25) is 0 Å². The van der Waals surface area contributed by atoms with Crippen LogP contribution in [0.1, 0.15) is 30.6 Å². The van der Waals surface area contributed by atoms with Crippen molar-refractivity contribution in [3.05, 3.63) is 47.9 Å². The van der Waals surface area contributed by atoms with Gasteiger partial charge in [0, 0.05) is 25.7 Å². The lowest BCUT2D eigenvalue weighted by Crippen LogP contribution is -2.40. The zero-order chi connectivity index (χ0) is 18.1. The quantitative estimate of drug-likeness (QED) is 0.707. The minimum atomic E-state index is -0.190. The molecular weight excluding hydrogens is 332 g/mol. The summed E-state index contributed by atoms with van der Waals surface area (Å²) in [5.74, 6) is 2.70. The summed E-state index contributed by atoms with van der Waals surface area (Å²) in [7, 11) is 4.01. The molecule has 1 aromatic carbocycles. The molecule has 0 saturated carbocycles. The first-order chi connectivity index (χ1) is 12.6. The van der Waals surface area contributed by atoms with E-state index in [4.69, 9.17) is 9.26 Å². The van der Waals surface area contributed by atoms with Crippen LogP contribution in [0.2, 0.25) is 0 Å². The third kappa shape index (κ3) is 3.38. The summed E-state index contributed by atoms with van der Waals surface area (Å²) in [6, 6.07) is 9.97. The number of hydrogen-bond acceptors (Lipinski definition) is 7. The van der Waals surface area contributed by atoms with Crippen LogP contribution in [0.5, 0.6) is 0 Å². The Morgan fingerprint density at radius 1 is 1.12 bits per heavy atom. The van der Waals surface area contributed by atoms with Crippen LogP contribution in [0.3, 0.4) is 0 Å². The van der Waals surface area contributed by atoms with E-state index in [2.05, 4.69) is 32.3 Å². The van der Waals surface area contributed by atoms with Gasteiger partial charge in [-0.05, 0) is 14.0 Å². The summed E-state index contributed by atoms with van der Waals surface area (Å²) in [6.45, 7) is 3.69. The van der Waals surface area contributed by atoms with E-state index >= 15 is 0 Å². The Bertz CT molecular complexity index is 865. The van der Waals surface area contributed by atoms with Gasteiger partial charge in [0.25, 0.3) is 5.89 Å². The highest BCUT2D eigenvalue weighted by atomic mass is 16.5. The lowest BCUT2D eigenvalue weighted by atomic mass is 10.2. The molecule has 2 aromatic heterocycles. The molecule has 1 aliphatic heterocycles. The fraction of sp³-hybridized carbons (Fsp3) is 0.444. The summed E-state index contributed by atoms with van der Waals surface area (Å²) in [6.07, 6.45) is 0.406.